The molecule has 1 unspecified atom stereocenters. The molecular formula is C18H22BrNO. The molecule has 0 spiro atoms. The number of hydrogen-bond donors (Lipinski definition) is 1. The first-order valence-electron chi connectivity index (χ1n) is 7.28. The Morgan fingerprint density at radius 3 is 2.33 bits per heavy atom. The number of hydrogen-bond acceptors (Lipinski definition) is 2. The van der Waals surface area contributed by atoms with Crippen molar-refractivity contribution in [3.05, 3.63) is 63.6 Å². The monoisotopic (exact) mass is 347 g/mol. The molecule has 2 aromatic rings. The van der Waals surface area contributed by atoms with Crippen molar-refractivity contribution in [2.24, 2.45) is 0 Å². The highest BCUT2D eigenvalue weighted by molar-refractivity contribution is 9.10. The molecule has 2 aromatic carbocycles. The number of methoxy groups -OCH3 is 1. The van der Waals surface area contributed by atoms with E-state index in [2.05, 4.69) is 71.5 Å². The maximum absolute atomic E-state index is 5.25. The number of ether oxygens (including phenoxy) is 1. The van der Waals surface area contributed by atoms with Gasteiger partial charge in [0.05, 0.1) is 11.6 Å². The van der Waals surface area contributed by atoms with Crippen molar-refractivity contribution in [3.63, 3.8) is 0 Å². The summed E-state index contributed by atoms with van der Waals surface area (Å²) >= 11 is 3.52. The van der Waals surface area contributed by atoms with E-state index in [9.17, 15) is 0 Å². The lowest BCUT2D eigenvalue weighted by Crippen LogP contribution is -2.18. The third kappa shape index (κ3) is 4.32. The first kappa shape index (κ1) is 16.1. The fourth-order valence-corrected chi connectivity index (χ4v) is 2.84. The minimum atomic E-state index is 0.330. The molecule has 3 heteroatoms. The number of rotatable bonds is 6. The Labute approximate surface area is 135 Å². The zero-order valence-electron chi connectivity index (χ0n) is 12.8. The molecule has 0 fully saturated rings. The van der Waals surface area contributed by atoms with Gasteiger partial charge in [0.1, 0.15) is 5.75 Å². The summed E-state index contributed by atoms with van der Waals surface area (Å²) in [6.45, 7) is 5.21. The summed E-state index contributed by atoms with van der Waals surface area (Å²) < 4.78 is 6.24. The second kappa shape index (κ2) is 7.62. The van der Waals surface area contributed by atoms with Crippen molar-refractivity contribution in [1.29, 1.82) is 0 Å². The van der Waals surface area contributed by atoms with E-state index >= 15 is 0 Å². The van der Waals surface area contributed by atoms with Crippen molar-refractivity contribution in [1.82, 2.24) is 5.32 Å². The molecule has 0 aliphatic heterocycles. The van der Waals surface area contributed by atoms with Crippen LogP contribution in [0.5, 0.6) is 5.75 Å². The Morgan fingerprint density at radius 2 is 1.76 bits per heavy atom. The van der Waals surface area contributed by atoms with E-state index in [0.717, 1.165) is 23.2 Å². The molecule has 1 atom stereocenters. The SMILES string of the molecule is CCc1ccc(C(C)NCc2ccc(OC)c(Br)c2)cc1. The van der Waals surface area contributed by atoms with Crippen LogP contribution < -0.4 is 10.1 Å². The van der Waals surface area contributed by atoms with Gasteiger partial charge in [-0.15, -0.1) is 0 Å². The maximum Gasteiger partial charge on any atom is 0.133 e. The molecule has 21 heavy (non-hydrogen) atoms. The van der Waals surface area contributed by atoms with Crippen molar-refractivity contribution < 1.29 is 4.74 Å². The molecule has 2 rings (SSSR count). The highest BCUT2D eigenvalue weighted by atomic mass is 79.9. The summed E-state index contributed by atoms with van der Waals surface area (Å²) in [4.78, 5) is 0. The summed E-state index contributed by atoms with van der Waals surface area (Å²) in [7, 11) is 1.68. The van der Waals surface area contributed by atoms with E-state index in [1.807, 2.05) is 6.07 Å². The number of nitrogens with one attached hydrogen (secondary N) is 1. The molecule has 0 aliphatic carbocycles. The largest absolute Gasteiger partial charge is 0.496 e. The van der Waals surface area contributed by atoms with Gasteiger partial charge in [0.15, 0.2) is 0 Å². The van der Waals surface area contributed by atoms with Crippen molar-refractivity contribution >= 4 is 15.9 Å². The van der Waals surface area contributed by atoms with Crippen LogP contribution in [0.25, 0.3) is 0 Å². The lowest BCUT2D eigenvalue weighted by molar-refractivity contribution is 0.412. The van der Waals surface area contributed by atoms with E-state index in [4.69, 9.17) is 4.74 Å². The Bertz CT molecular complexity index is 580. The highest BCUT2D eigenvalue weighted by Gasteiger charge is 2.06. The fourth-order valence-electron chi connectivity index (χ4n) is 2.25. The maximum atomic E-state index is 5.25. The predicted molar refractivity (Wildman–Crippen MR) is 91.8 cm³/mol. The first-order valence-corrected chi connectivity index (χ1v) is 8.08. The van der Waals surface area contributed by atoms with Crippen LogP contribution in [0.2, 0.25) is 0 Å². The van der Waals surface area contributed by atoms with Crippen LogP contribution in [0.1, 0.15) is 36.6 Å². The van der Waals surface area contributed by atoms with Gasteiger partial charge in [-0.1, -0.05) is 37.3 Å². The number of aryl methyl sites for hydroxylation is 1. The summed E-state index contributed by atoms with van der Waals surface area (Å²) in [5.41, 5.74) is 3.93. The van der Waals surface area contributed by atoms with Gasteiger partial charge in [0, 0.05) is 12.6 Å². The molecule has 0 saturated heterocycles. The van der Waals surface area contributed by atoms with Gasteiger partial charge < -0.3 is 10.1 Å². The Morgan fingerprint density at radius 1 is 1.10 bits per heavy atom. The molecule has 0 heterocycles. The second-order valence-corrected chi connectivity index (χ2v) is 6.02. The molecule has 112 valence electrons. The minimum Gasteiger partial charge on any atom is -0.496 e. The van der Waals surface area contributed by atoms with Crippen LogP contribution in [-0.2, 0) is 13.0 Å². The van der Waals surface area contributed by atoms with E-state index in [-0.39, 0.29) is 0 Å². The second-order valence-electron chi connectivity index (χ2n) is 5.17. The molecule has 0 radical (unpaired) electrons. The standard InChI is InChI=1S/C18H22BrNO/c1-4-14-5-8-16(9-6-14)13(2)20-12-15-7-10-18(21-3)17(19)11-15/h5-11,13,20H,4,12H2,1-3H3. The summed E-state index contributed by atoms with van der Waals surface area (Å²) in [5, 5.41) is 3.56. The van der Waals surface area contributed by atoms with E-state index in [1.165, 1.54) is 16.7 Å². The fraction of sp³-hybridized carbons (Fsp3) is 0.333. The Kier molecular flexibility index (Phi) is 5.83. The van der Waals surface area contributed by atoms with Gasteiger partial charge in [-0.05, 0) is 58.1 Å². The molecule has 2 nitrogen and oxygen atoms in total. The van der Waals surface area contributed by atoms with Crippen LogP contribution in [0.4, 0.5) is 0 Å². The van der Waals surface area contributed by atoms with E-state index in [0.29, 0.717) is 6.04 Å². The molecule has 0 aromatic heterocycles. The average molecular weight is 348 g/mol. The molecule has 0 bridgehead atoms. The molecule has 0 aliphatic rings. The first-order chi connectivity index (χ1) is 10.1. The van der Waals surface area contributed by atoms with Crippen LogP contribution in [0, 0.1) is 0 Å². The van der Waals surface area contributed by atoms with Gasteiger partial charge in [-0.2, -0.15) is 0 Å². The molecular weight excluding hydrogens is 326 g/mol. The average Bonchev–Trinajstić information content (AvgIpc) is 2.52. The van der Waals surface area contributed by atoms with Crippen LogP contribution in [-0.4, -0.2) is 7.11 Å². The van der Waals surface area contributed by atoms with E-state index < -0.39 is 0 Å². The third-order valence-electron chi connectivity index (χ3n) is 3.72. The number of halogens is 1. The molecule has 0 saturated carbocycles. The smallest absolute Gasteiger partial charge is 0.133 e. The van der Waals surface area contributed by atoms with Crippen LogP contribution in [0.15, 0.2) is 46.9 Å². The van der Waals surface area contributed by atoms with Crippen LogP contribution in [0.3, 0.4) is 0 Å². The lowest BCUT2D eigenvalue weighted by Gasteiger charge is -2.15. The number of benzene rings is 2. The quantitative estimate of drug-likeness (QED) is 0.804. The molecule has 0 amide bonds. The third-order valence-corrected chi connectivity index (χ3v) is 4.34. The zero-order valence-corrected chi connectivity index (χ0v) is 14.4. The summed E-state index contributed by atoms with van der Waals surface area (Å²) in [6.07, 6.45) is 1.09. The zero-order chi connectivity index (χ0) is 15.2. The predicted octanol–water partition coefficient (Wildman–Crippen LogP) is 4.87. The molecule has 1 N–H and O–H groups in total. The van der Waals surface area contributed by atoms with Crippen molar-refractivity contribution in [2.45, 2.75) is 32.9 Å². The van der Waals surface area contributed by atoms with Crippen molar-refractivity contribution in [3.8, 4) is 5.75 Å². The van der Waals surface area contributed by atoms with Crippen LogP contribution >= 0.6 is 15.9 Å². The Hall–Kier alpha value is -1.32. The van der Waals surface area contributed by atoms with Gasteiger partial charge in [0.2, 0.25) is 0 Å². The Balaban J connectivity index is 1.96. The summed E-state index contributed by atoms with van der Waals surface area (Å²) in [5.74, 6) is 0.863. The van der Waals surface area contributed by atoms with Gasteiger partial charge in [-0.3, -0.25) is 0 Å². The van der Waals surface area contributed by atoms with Gasteiger partial charge in [0.25, 0.3) is 0 Å². The minimum absolute atomic E-state index is 0.330. The highest BCUT2D eigenvalue weighted by Crippen LogP contribution is 2.25. The topological polar surface area (TPSA) is 21.3 Å². The van der Waals surface area contributed by atoms with Gasteiger partial charge in [-0.25, -0.2) is 0 Å². The van der Waals surface area contributed by atoms with E-state index in [1.54, 1.807) is 7.11 Å². The normalized spacial score (nSPS) is 12.2. The van der Waals surface area contributed by atoms with Crippen molar-refractivity contribution in [2.75, 3.05) is 7.11 Å². The van der Waals surface area contributed by atoms with Gasteiger partial charge >= 0.3 is 0 Å². The summed E-state index contributed by atoms with van der Waals surface area (Å²) in [6, 6.07) is 15.3. The lowest BCUT2D eigenvalue weighted by atomic mass is 10.0.